The van der Waals surface area contributed by atoms with Crippen molar-refractivity contribution in [3.8, 4) is 0 Å². The van der Waals surface area contributed by atoms with Gasteiger partial charge in [0.2, 0.25) is 0 Å². The van der Waals surface area contributed by atoms with Crippen LogP contribution in [0.15, 0.2) is 34.3 Å². The Morgan fingerprint density at radius 2 is 1.24 bits per heavy atom. The molecule has 2 aliphatic rings. The van der Waals surface area contributed by atoms with Crippen LogP contribution >= 0.6 is 23.2 Å². The van der Waals surface area contributed by atoms with Crippen LogP contribution in [0.2, 0.25) is 0 Å². The lowest BCUT2D eigenvalue weighted by Crippen LogP contribution is -2.31. The van der Waals surface area contributed by atoms with Crippen LogP contribution in [-0.2, 0) is 9.59 Å². The average molecular weight is 325 g/mol. The molecule has 0 aliphatic carbocycles. The summed E-state index contributed by atoms with van der Waals surface area (Å²) < 4.78 is 0. The molecule has 0 N–H and O–H groups in total. The Kier molecular flexibility index (Phi) is 3.91. The second-order valence-electron chi connectivity index (χ2n) is 5.14. The Bertz CT molecular complexity index is 595. The Morgan fingerprint density at radius 3 is 1.76 bits per heavy atom. The van der Waals surface area contributed by atoms with Crippen molar-refractivity contribution in [1.82, 2.24) is 0 Å². The molecule has 1 fully saturated rings. The maximum atomic E-state index is 11.9. The summed E-state index contributed by atoms with van der Waals surface area (Å²) in [4.78, 5) is 27.2. The molecule has 0 aromatic heterocycles. The molecule has 1 aromatic carbocycles. The molecule has 0 bridgehead atoms. The van der Waals surface area contributed by atoms with E-state index in [9.17, 15) is 9.59 Å². The van der Waals surface area contributed by atoms with E-state index in [0.29, 0.717) is 5.69 Å². The Labute approximate surface area is 132 Å². The highest BCUT2D eigenvalue weighted by atomic mass is 35.5. The van der Waals surface area contributed by atoms with Gasteiger partial charge in [0.05, 0.1) is 5.69 Å². The smallest absolute Gasteiger partial charge is 0.278 e. The fraction of sp³-hybridized carbons (Fsp3) is 0.333. The first-order valence-electron chi connectivity index (χ1n) is 6.88. The lowest BCUT2D eigenvalue weighted by molar-refractivity contribution is -0.120. The topological polar surface area (TPSA) is 40.6 Å². The van der Waals surface area contributed by atoms with Crippen molar-refractivity contribution in [3.05, 3.63) is 34.3 Å². The van der Waals surface area contributed by atoms with Crippen molar-refractivity contribution < 1.29 is 9.59 Å². The lowest BCUT2D eigenvalue weighted by atomic mass is 10.1. The Morgan fingerprint density at radius 1 is 0.762 bits per heavy atom. The molecule has 0 atom stereocenters. The molecule has 110 valence electrons. The molecule has 1 saturated heterocycles. The summed E-state index contributed by atoms with van der Waals surface area (Å²) in [5, 5.41) is -0.441. The van der Waals surface area contributed by atoms with Gasteiger partial charge in [-0.15, -0.1) is 0 Å². The average Bonchev–Trinajstić information content (AvgIpc) is 2.72. The number of carbonyl (C=O) groups excluding carboxylic acids is 2. The summed E-state index contributed by atoms with van der Waals surface area (Å²) in [6.07, 6.45) is 3.66. The number of carbonyl (C=O) groups is 2. The van der Waals surface area contributed by atoms with E-state index < -0.39 is 11.8 Å². The van der Waals surface area contributed by atoms with E-state index in [0.717, 1.165) is 23.7 Å². The Hall–Kier alpha value is -1.52. The maximum Gasteiger partial charge on any atom is 0.278 e. The van der Waals surface area contributed by atoms with E-state index in [1.165, 1.54) is 19.3 Å². The number of anilines is 2. The fourth-order valence-corrected chi connectivity index (χ4v) is 3.01. The third-order valence-electron chi connectivity index (χ3n) is 3.80. The van der Waals surface area contributed by atoms with Crippen molar-refractivity contribution in [2.75, 3.05) is 22.9 Å². The molecule has 1 aromatic rings. The molecular formula is C15H14Cl2N2O2. The minimum absolute atomic E-state index is 0.221. The highest BCUT2D eigenvalue weighted by molar-refractivity contribution is 6.62. The minimum atomic E-state index is -0.572. The monoisotopic (exact) mass is 324 g/mol. The molecule has 0 spiro atoms. The molecule has 2 heterocycles. The second kappa shape index (κ2) is 5.70. The van der Waals surface area contributed by atoms with E-state index >= 15 is 0 Å². The first kappa shape index (κ1) is 14.4. The van der Waals surface area contributed by atoms with Crippen molar-refractivity contribution >= 4 is 46.4 Å². The second-order valence-corrected chi connectivity index (χ2v) is 5.89. The summed E-state index contributed by atoms with van der Waals surface area (Å²) in [5.41, 5.74) is 1.59. The van der Waals surface area contributed by atoms with Gasteiger partial charge in [0, 0.05) is 18.8 Å². The van der Waals surface area contributed by atoms with Crippen LogP contribution in [0.1, 0.15) is 19.3 Å². The summed E-state index contributed by atoms with van der Waals surface area (Å²) in [6, 6.07) is 7.33. The molecule has 2 aliphatic heterocycles. The van der Waals surface area contributed by atoms with E-state index in [4.69, 9.17) is 23.2 Å². The third kappa shape index (κ3) is 2.54. The van der Waals surface area contributed by atoms with Crippen LogP contribution in [0.3, 0.4) is 0 Å². The molecule has 4 nitrogen and oxygen atoms in total. The van der Waals surface area contributed by atoms with E-state index in [-0.39, 0.29) is 10.1 Å². The highest BCUT2D eigenvalue weighted by Crippen LogP contribution is 2.32. The van der Waals surface area contributed by atoms with Crippen molar-refractivity contribution in [2.45, 2.75) is 19.3 Å². The number of hydrogen-bond donors (Lipinski definition) is 0. The van der Waals surface area contributed by atoms with E-state index in [1.807, 2.05) is 12.1 Å². The van der Waals surface area contributed by atoms with Gasteiger partial charge in [0.15, 0.2) is 0 Å². The van der Waals surface area contributed by atoms with Gasteiger partial charge in [-0.1, -0.05) is 23.2 Å². The quantitative estimate of drug-likeness (QED) is 0.784. The zero-order valence-corrected chi connectivity index (χ0v) is 12.8. The zero-order valence-electron chi connectivity index (χ0n) is 11.3. The lowest BCUT2D eigenvalue weighted by Gasteiger charge is -2.29. The minimum Gasteiger partial charge on any atom is -0.372 e. The highest BCUT2D eigenvalue weighted by Gasteiger charge is 2.37. The summed E-state index contributed by atoms with van der Waals surface area (Å²) in [5.74, 6) is -1.14. The number of nitrogens with zero attached hydrogens (tertiary/aromatic N) is 2. The summed E-state index contributed by atoms with van der Waals surface area (Å²) >= 11 is 11.5. The molecule has 21 heavy (non-hydrogen) atoms. The molecule has 2 amide bonds. The van der Waals surface area contributed by atoms with Crippen LogP contribution in [0.4, 0.5) is 11.4 Å². The first-order chi connectivity index (χ1) is 10.1. The Balaban J connectivity index is 1.82. The number of amides is 2. The summed E-state index contributed by atoms with van der Waals surface area (Å²) in [7, 11) is 0. The molecule has 6 heteroatoms. The SMILES string of the molecule is O=C1C(Cl)=C(Cl)C(=O)N1c1ccc(N2CCCCC2)cc1. The standard InChI is InChI=1S/C15H14Cl2N2O2/c16-12-13(17)15(21)19(14(12)20)11-6-4-10(5-7-11)18-8-2-1-3-9-18/h4-7H,1-3,8-9H2. The predicted molar refractivity (Wildman–Crippen MR) is 83.7 cm³/mol. The van der Waals surface area contributed by atoms with Crippen LogP contribution in [0, 0.1) is 0 Å². The van der Waals surface area contributed by atoms with Gasteiger partial charge in [0.1, 0.15) is 10.1 Å². The number of piperidine rings is 1. The van der Waals surface area contributed by atoms with Crippen LogP contribution < -0.4 is 9.80 Å². The van der Waals surface area contributed by atoms with Crippen molar-refractivity contribution in [1.29, 1.82) is 0 Å². The molecule has 0 radical (unpaired) electrons. The van der Waals surface area contributed by atoms with Gasteiger partial charge in [-0.3, -0.25) is 9.59 Å². The van der Waals surface area contributed by atoms with E-state index in [1.54, 1.807) is 12.1 Å². The van der Waals surface area contributed by atoms with Crippen LogP contribution in [0.5, 0.6) is 0 Å². The maximum absolute atomic E-state index is 11.9. The number of benzene rings is 1. The largest absolute Gasteiger partial charge is 0.372 e. The normalized spacial score (nSPS) is 19.7. The molecule has 0 saturated carbocycles. The first-order valence-corrected chi connectivity index (χ1v) is 7.64. The number of hydrogen-bond acceptors (Lipinski definition) is 3. The van der Waals surface area contributed by atoms with Gasteiger partial charge in [-0.2, -0.15) is 0 Å². The zero-order chi connectivity index (χ0) is 15.0. The number of imide groups is 1. The van der Waals surface area contributed by atoms with Gasteiger partial charge < -0.3 is 4.90 Å². The van der Waals surface area contributed by atoms with Crippen molar-refractivity contribution in [3.63, 3.8) is 0 Å². The van der Waals surface area contributed by atoms with Crippen LogP contribution in [-0.4, -0.2) is 24.9 Å². The van der Waals surface area contributed by atoms with Gasteiger partial charge in [-0.25, -0.2) is 4.90 Å². The molecule has 0 unspecified atom stereocenters. The van der Waals surface area contributed by atoms with Crippen molar-refractivity contribution in [2.24, 2.45) is 0 Å². The summed E-state index contributed by atoms with van der Waals surface area (Å²) in [6.45, 7) is 2.08. The van der Waals surface area contributed by atoms with E-state index in [2.05, 4.69) is 4.90 Å². The third-order valence-corrected chi connectivity index (χ3v) is 4.60. The molecular weight excluding hydrogens is 311 g/mol. The molecule has 3 rings (SSSR count). The van der Waals surface area contributed by atoms with Crippen LogP contribution in [0.25, 0.3) is 0 Å². The predicted octanol–water partition coefficient (Wildman–Crippen LogP) is 3.24. The van der Waals surface area contributed by atoms with Gasteiger partial charge >= 0.3 is 0 Å². The number of halogens is 2. The van der Waals surface area contributed by atoms with Gasteiger partial charge in [-0.05, 0) is 43.5 Å². The number of rotatable bonds is 2. The fourth-order valence-electron chi connectivity index (χ4n) is 2.68. The van der Waals surface area contributed by atoms with Gasteiger partial charge in [0.25, 0.3) is 11.8 Å².